The smallest absolute Gasteiger partial charge is 0.241 e. The molecular weight excluding hydrogens is 363 g/mol. The van der Waals surface area contributed by atoms with Gasteiger partial charge in [0, 0.05) is 11.6 Å². The zero-order valence-corrected chi connectivity index (χ0v) is 15.4. The van der Waals surface area contributed by atoms with Crippen molar-refractivity contribution in [3.8, 4) is 11.5 Å². The standard InChI is InChI=1S/C18H18Cl2N2O3/c1-11(18(23)21-15-8-13(19)4-5-14(15)20)22(2)9-12-3-6-16-17(7-12)25-10-24-16/h3-8,11H,9-10H2,1-2H3,(H,21,23)/t11-/m1/s1. The summed E-state index contributed by atoms with van der Waals surface area (Å²) < 4.78 is 10.7. The number of carbonyl (C=O) groups excluding carboxylic acids is 1. The lowest BCUT2D eigenvalue weighted by Gasteiger charge is -2.24. The van der Waals surface area contributed by atoms with E-state index < -0.39 is 0 Å². The van der Waals surface area contributed by atoms with Crippen LogP contribution in [0.25, 0.3) is 0 Å². The molecule has 0 fully saturated rings. The van der Waals surface area contributed by atoms with Gasteiger partial charge in [-0.3, -0.25) is 9.69 Å². The van der Waals surface area contributed by atoms with E-state index in [0.717, 1.165) is 17.1 Å². The molecule has 5 nitrogen and oxygen atoms in total. The first-order valence-corrected chi connectivity index (χ1v) is 8.54. The summed E-state index contributed by atoms with van der Waals surface area (Å²) in [5, 5.41) is 3.78. The molecule has 2 aromatic carbocycles. The third-order valence-electron chi connectivity index (χ3n) is 4.10. The molecule has 0 spiro atoms. The van der Waals surface area contributed by atoms with Crippen LogP contribution in [0.15, 0.2) is 36.4 Å². The van der Waals surface area contributed by atoms with Gasteiger partial charge in [0.2, 0.25) is 12.7 Å². The Hall–Kier alpha value is -1.95. The number of hydrogen-bond donors (Lipinski definition) is 1. The number of fused-ring (bicyclic) bond motifs is 1. The van der Waals surface area contributed by atoms with E-state index in [1.165, 1.54) is 0 Å². The van der Waals surface area contributed by atoms with Crippen molar-refractivity contribution < 1.29 is 14.3 Å². The summed E-state index contributed by atoms with van der Waals surface area (Å²) in [7, 11) is 1.88. The average molecular weight is 381 g/mol. The van der Waals surface area contributed by atoms with Gasteiger partial charge in [0.05, 0.1) is 16.8 Å². The summed E-state index contributed by atoms with van der Waals surface area (Å²) in [6.45, 7) is 2.67. The second kappa shape index (κ2) is 7.52. The third-order valence-corrected chi connectivity index (χ3v) is 4.66. The largest absolute Gasteiger partial charge is 0.454 e. The Morgan fingerprint density at radius 3 is 2.76 bits per heavy atom. The molecule has 7 heteroatoms. The van der Waals surface area contributed by atoms with E-state index in [4.69, 9.17) is 32.7 Å². The highest BCUT2D eigenvalue weighted by molar-refractivity contribution is 6.35. The highest BCUT2D eigenvalue weighted by atomic mass is 35.5. The molecule has 132 valence electrons. The number of halogens is 2. The normalized spacial score (nSPS) is 13.8. The Balaban J connectivity index is 1.64. The van der Waals surface area contributed by atoms with E-state index in [2.05, 4.69) is 5.32 Å². The molecule has 0 saturated heterocycles. The van der Waals surface area contributed by atoms with Crippen LogP contribution in [0.4, 0.5) is 5.69 Å². The zero-order chi connectivity index (χ0) is 18.0. The molecular formula is C18H18Cl2N2O3. The fourth-order valence-corrected chi connectivity index (χ4v) is 2.83. The number of benzene rings is 2. The SMILES string of the molecule is C[C@H](C(=O)Nc1cc(Cl)ccc1Cl)N(C)Cc1ccc2c(c1)OCO2. The Morgan fingerprint density at radius 1 is 1.20 bits per heavy atom. The maximum absolute atomic E-state index is 12.5. The van der Waals surface area contributed by atoms with E-state index in [0.29, 0.717) is 22.3 Å². The summed E-state index contributed by atoms with van der Waals surface area (Å²) in [5.41, 5.74) is 1.54. The van der Waals surface area contributed by atoms with Crippen LogP contribution < -0.4 is 14.8 Å². The molecule has 0 saturated carbocycles. The van der Waals surface area contributed by atoms with Crippen molar-refractivity contribution in [2.24, 2.45) is 0 Å². The minimum Gasteiger partial charge on any atom is -0.454 e. The maximum Gasteiger partial charge on any atom is 0.241 e. The number of nitrogens with one attached hydrogen (secondary N) is 1. The third kappa shape index (κ3) is 4.18. The van der Waals surface area contributed by atoms with Gasteiger partial charge in [-0.25, -0.2) is 0 Å². The lowest BCUT2D eigenvalue weighted by molar-refractivity contribution is -0.120. The molecule has 3 rings (SSSR count). The Bertz CT molecular complexity index is 798. The fourth-order valence-electron chi connectivity index (χ4n) is 2.49. The lowest BCUT2D eigenvalue weighted by Crippen LogP contribution is -2.39. The monoisotopic (exact) mass is 380 g/mol. The van der Waals surface area contributed by atoms with Gasteiger partial charge in [0.1, 0.15) is 0 Å². The van der Waals surface area contributed by atoms with Crippen LogP contribution in [0, 0.1) is 0 Å². The van der Waals surface area contributed by atoms with Gasteiger partial charge in [0.25, 0.3) is 0 Å². The van der Waals surface area contributed by atoms with Crippen molar-refractivity contribution in [1.29, 1.82) is 0 Å². The van der Waals surface area contributed by atoms with Crippen LogP contribution in [-0.4, -0.2) is 30.7 Å². The molecule has 0 aliphatic carbocycles. The van der Waals surface area contributed by atoms with Crippen LogP contribution >= 0.6 is 23.2 Å². The van der Waals surface area contributed by atoms with E-state index >= 15 is 0 Å². The second-order valence-corrected chi connectivity index (χ2v) is 6.74. The van der Waals surface area contributed by atoms with E-state index in [1.54, 1.807) is 18.2 Å². The summed E-state index contributed by atoms with van der Waals surface area (Å²) in [5.74, 6) is 1.31. The summed E-state index contributed by atoms with van der Waals surface area (Å²) in [4.78, 5) is 14.4. The van der Waals surface area contributed by atoms with Gasteiger partial charge >= 0.3 is 0 Å². The molecule has 0 bridgehead atoms. The van der Waals surface area contributed by atoms with Crippen molar-refractivity contribution in [2.45, 2.75) is 19.5 Å². The van der Waals surface area contributed by atoms with Gasteiger partial charge in [-0.2, -0.15) is 0 Å². The second-order valence-electron chi connectivity index (χ2n) is 5.89. The number of rotatable bonds is 5. The van der Waals surface area contributed by atoms with Crippen LogP contribution in [0.1, 0.15) is 12.5 Å². The maximum atomic E-state index is 12.5. The Kier molecular flexibility index (Phi) is 5.37. The van der Waals surface area contributed by atoms with Crippen molar-refractivity contribution in [3.05, 3.63) is 52.0 Å². The highest BCUT2D eigenvalue weighted by Gasteiger charge is 2.20. The first-order valence-electron chi connectivity index (χ1n) is 7.78. The van der Waals surface area contributed by atoms with Gasteiger partial charge < -0.3 is 14.8 Å². The molecule has 1 N–H and O–H groups in total. The van der Waals surface area contributed by atoms with Crippen molar-refractivity contribution in [1.82, 2.24) is 4.90 Å². The quantitative estimate of drug-likeness (QED) is 0.844. The first kappa shape index (κ1) is 17.9. The van der Waals surface area contributed by atoms with Gasteiger partial charge in [-0.05, 0) is 49.9 Å². The molecule has 1 aliphatic rings. The van der Waals surface area contributed by atoms with Crippen LogP contribution in [-0.2, 0) is 11.3 Å². The van der Waals surface area contributed by atoms with Crippen LogP contribution in [0.5, 0.6) is 11.5 Å². The minimum atomic E-state index is -0.361. The van der Waals surface area contributed by atoms with Crippen molar-refractivity contribution >= 4 is 34.8 Å². The minimum absolute atomic E-state index is 0.160. The number of carbonyl (C=O) groups is 1. The number of nitrogens with zero attached hydrogens (tertiary/aromatic N) is 1. The number of anilines is 1. The van der Waals surface area contributed by atoms with Crippen molar-refractivity contribution in [2.75, 3.05) is 19.2 Å². The predicted molar refractivity (Wildman–Crippen MR) is 98.6 cm³/mol. The molecule has 1 atom stereocenters. The fraction of sp³-hybridized carbons (Fsp3) is 0.278. The molecule has 1 aliphatic heterocycles. The summed E-state index contributed by atoms with van der Waals surface area (Å²) >= 11 is 12.0. The average Bonchev–Trinajstić information content (AvgIpc) is 3.05. The Morgan fingerprint density at radius 2 is 1.96 bits per heavy atom. The van der Waals surface area contributed by atoms with Crippen molar-refractivity contribution in [3.63, 3.8) is 0 Å². The number of ether oxygens (including phenoxy) is 2. The highest BCUT2D eigenvalue weighted by Crippen LogP contribution is 2.33. The summed E-state index contributed by atoms with van der Waals surface area (Å²) in [6.07, 6.45) is 0. The van der Waals surface area contributed by atoms with Crippen LogP contribution in [0.2, 0.25) is 10.0 Å². The Labute approximate surface area is 156 Å². The molecule has 2 aromatic rings. The first-order chi connectivity index (χ1) is 11.9. The number of amides is 1. The van der Waals surface area contributed by atoms with E-state index in [1.807, 2.05) is 37.1 Å². The topological polar surface area (TPSA) is 50.8 Å². The molecule has 0 aromatic heterocycles. The van der Waals surface area contributed by atoms with Gasteiger partial charge in [0.15, 0.2) is 11.5 Å². The zero-order valence-electron chi connectivity index (χ0n) is 13.9. The van der Waals surface area contributed by atoms with Gasteiger partial charge in [-0.1, -0.05) is 29.3 Å². The number of hydrogen-bond acceptors (Lipinski definition) is 4. The molecule has 25 heavy (non-hydrogen) atoms. The predicted octanol–water partition coefficient (Wildman–Crippen LogP) is 4.18. The lowest BCUT2D eigenvalue weighted by atomic mass is 10.1. The molecule has 1 amide bonds. The van der Waals surface area contributed by atoms with Crippen LogP contribution in [0.3, 0.4) is 0 Å². The van der Waals surface area contributed by atoms with E-state index in [9.17, 15) is 4.79 Å². The van der Waals surface area contributed by atoms with Gasteiger partial charge in [-0.15, -0.1) is 0 Å². The molecule has 0 unspecified atom stereocenters. The summed E-state index contributed by atoms with van der Waals surface area (Å²) in [6, 6.07) is 10.4. The number of likely N-dealkylation sites (N-methyl/N-ethyl adjacent to an activating group) is 1. The molecule has 0 radical (unpaired) electrons. The van der Waals surface area contributed by atoms with E-state index in [-0.39, 0.29) is 18.7 Å². The molecule has 1 heterocycles.